The molecule has 82 valence electrons. The Morgan fingerprint density at radius 1 is 1.47 bits per heavy atom. The summed E-state index contributed by atoms with van der Waals surface area (Å²) in [6, 6.07) is -0.826. The quantitative estimate of drug-likeness (QED) is 0.436. The zero-order valence-electron chi connectivity index (χ0n) is 9.45. The van der Waals surface area contributed by atoms with Crippen molar-refractivity contribution in [3.63, 3.8) is 0 Å². The summed E-state index contributed by atoms with van der Waals surface area (Å²) >= 11 is 0. The molecular weight excluding hydrogens is 209 g/mol. The largest absolute Gasteiger partial charge is 1.00 e. The summed E-state index contributed by atoms with van der Waals surface area (Å²) in [4.78, 5) is 20.8. The van der Waals surface area contributed by atoms with Crippen molar-refractivity contribution in [3.05, 3.63) is 0 Å². The summed E-state index contributed by atoms with van der Waals surface area (Å²) in [5, 5.41) is 21.8. The average molecular weight is 225 g/mol. The molecule has 0 saturated heterocycles. The predicted octanol–water partition coefficient (Wildman–Crippen LogP) is -3.64. The first kappa shape index (κ1) is 17.3. The van der Waals surface area contributed by atoms with E-state index in [0.29, 0.717) is 0 Å². The van der Waals surface area contributed by atoms with E-state index in [2.05, 4.69) is 5.32 Å². The standard InChI is InChI=1S/C9H17NO4.Na/c1-3-6(2)10-7(9(13)14)4-5-8(11)12;/h6-7,10H,3-5H2,1-2H3,(H,11,12)(H,13,14);/q;+1/p-1/t6?,7-;/m0./s1. The Labute approximate surface area is 112 Å². The summed E-state index contributed by atoms with van der Waals surface area (Å²) in [7, 11) is 0. The van der Waals surface area contributed by atoms with Gasteiger partial charge in [0.05, 0.1) is 5.97 Å². The van der Waals surface area contributed by atoms with E-state index in [1.807, 2.05) is 13.8 Å². The van der Waals surface area contributed by atoms with Gasteiger partial charge in [0.25, 0.3) is 0 Å². The first-order valence-corrected chi connectivity index (χ1v) is 4.66. The van der Waals surface area contributed by atoms with Crippen LogP contribution in [-0.2, 0) is 9.59 Å². The van der Waals surface area contributed by atoms with Gasteiger partial charge < -0.3 is 20.3 Å². The third-order valence-electron chi connectivity index (χ3n) is 2.03. The Morgan fingerprint density at radius 2 is 2.00 bits per heavy atom. The Hall–Kier alpha value is -0.100. The molecule has 5 nitrogen and oxygen atoms in total. The van der Waals surface area contributed by atoms with Crippen molar-refractivity contribution in [1.29, 1.82) is 0 Å². The van der Waals surface area contributed by atoms with Crippen molar-refractivity contribution < 1.29 is 49.4 Å². The number of aliphatic carboxylic acids is 2. The number of carboxylic acids is 2. The van der Waals surface area contributed by atoms with Crippen LogP contribution in [0.3, 0.4) is 0 Å². The van der Waals surface area contributed by atoms with Crippen molar-refractivity contribution >= 4 is 11.9 Å². The van der Waals surface area contributed by atoms with Crippen molar-refractivity contribution in [1.82, 2.24) is 5.32 Å². The van der Waals surface area contributed by atoms with Crippen molar-refractivity contribution in [2.45, 2.75) is 45.2 Å². The molecule has 0 bridgehead atoms. The molecule has 0 saturated carbocycles. The third kappa shape index (κ3) is 8.87. The van der Waals surface area contributed by atoms with Gasteiger partial charge in [-0.15, -0.1) is 0 Å². The van der Waals surface area contributed by atoms with Gasteiger partial charge >= 0.3 is 35.5 Å². The minimum absolute atomic E-state index is 0. The number of carbonyl (C=O) groups excluding carboxylic acids is 1. The van der Waals surface area contributed by atoms with Crippen LogP contribution in [0.1, 0.15) is 33.1 Å². The van der Waals surface area contributed by atoms with Crippen LogP contribution in [0.5, 0.6) is 0 Å². The number of rotatable bonds is 7. The molecule has 0 aromatic heterocycles. The molecule has 0 fully saturated rings. The zero-order valence-corrected chi connectivity index (χ0v) is 11.4. The molecule has 0 spiro atoms. The molecule has 2 atom stereocenters. The smallest absolute Gasteiger partial charge is 0.548 e. The minimum atomic E-state index is -1.24. The maximum atomic E-state index is 10.6. The van der Waals surface area contributed by atoms with Crippen molar-refractivity contribution in [2.75, 3.05) is 0 Å². The van der Waals surface area contributed by atoms with Gasteiger partial charge in [0, 0.05) is 18.5 Å². The van der Waals surface area contributed by atoms with Gasteiger partial charge in [-0.25, -0.2) is 0 Å². The van der Waals surface area contributed by atoms with E-state index in [0.717, 1.165) is 6.42 Å². The summed E-state index contributed by atoms with van der Waals surface area (Å²) in [5.74, 6) is -2.24. The molecule has 6 heteroatoms. The number of carboxylic acid groups (broad SMARTS) is 2. The molecule has 0 heterocycles. The SMILES string of the molecule is CCC(C)N[C@@H](CCC(=O)O)C(=O)[O-].[Na+]. The van der Waals surface area contributed by atoms with Crippen molar-refractivity contribution in [2.24, 2.45) is 0 Å². The Bertz CT molecular complexity index is 210. The summed E-state index contributed by atoms with van der Waals surface area (Å²) in [6.45, 7) is 3.76. The van der Waals surface area contributed by atoms with E-state index in [-0.39, 0.29) is 48.4 Å². The Balaban J connectivity index is 0. The van der Waals surface area contributed by atoms with Gasteiger partial charge in [-0.3, -0.25) is 4.79 Å². The molecule has 15 heavy (non-hydrogen) atoms. The number of hydrogen-bond acceptors (Lipinski definition) is 4. The molecule has 0 aliphatic carbocycles. The second kappa shape index (κ2) is 9.15. The fraction of sp³-hybridized carbons (Fsp3) is 0.778. The van der Waals surface area contributed by atoms with Gasteiger partial charge in [0.1, 0.15) is 0 Å². The van der Waals surface area contributed by atoms with E-state index in [1.54, 1.807) is 0 Å². The molecule has 2 N–H and O–H groups in total. The molecule has 0 amide bonds. The molecule has 0 aliphatic rings. The topological polar surface area (TPSA) is 89.5 Å². The monoisotopic (exact) mass is 225 g/mol. The molecule has 0 rings (SSSR count). The molecular formula is C9H16NNaO4. The number of hydrogen-bond donors (Lipinski definition) is 2. The summed E-state index contributed by atoms with van der Waals surface area (Å²) in [6.07, 6.45) is 0.681. The molecule has 1 unspecified atom stereocenters. The van der Waals surface area contributed by atoms with Crippen LogP contribution < -0.4 is 40.0 Å². The predicted molar refractivity (Wildman–Crippen MR) is 48.6 cm³/mol. The molecule has 0 aliphatic heterocycles. The second-order valence-electron chi connectivity index (χ2n) is 3.28. The summed E-state index contributed by atoms with van der Waals surface area (Å²) in [5.41, 5.74) is 0. The van der Waals surface area contributed by atoms with Gasteiger partial charge in [-0.05, 0) is 19.8 Å². The molecule has 0 aromatic rings. The number of carbonyl (C=O) groups is 2. The molecule has 0 aromatic carbocycles. The van der Waals surface area contributed by atoms with Crippen LogP contribution in [0.4, 0.5) is 0 Å². The van der Waals surface area contributed by atoms with Crippen molar-refractivity contribution in [3.8, 4) is 0 Å². The van der Waals surface area contributed by atoms with Gasteiger partial charge in [0.2, 0.25) is 0 Å². The number of nitrogens with one attached hydrogen (secondary N) is 1. The fourth-order valence-corrected chi connectivity index (χ4v) is 0.998. The molecule has 0 radical (unpaired) electrons. The van der Waals surface area contributed by atoms with E-state index in [4.69, 9.17) is 5.11 Å². The summed E-state index contributed by atoms with van der Waals surface area (Å²) < 4.78 is 0. The normalized spacial score (nSPS) is 13.7. The second-order valence-corrected chi connectivity index (χ2v) is 3.28. The van der Waals surface area contributed by atoms with Gasteiger partial charge in [-0.2, -0.15) is 0 Å². The first-order chi connectivity index (χ1) is 6.47. The van der Waals surface area contributed by atoms with Crippen LogP contribution in [-0.4, -0.2) is 29.1 Å². The van der Waals surface area contributed by atoms with E-state index in [1.165, 1.54) is 0 Å². The Kier molecular flexibility index (Phi) is 10.6. The van der Waals surface area contributed by atoms with Crippen LogP contribution >= 0.6 is 0 Å². The maximum Gasteiger partial charge on any atom is 1.00 e. The first-order valence-electron chi connectivity index (χ1n) is 4.66. The minimum Gasteiger partial charge on any atom is -0.548 e. The van der Waals surface area contributed by atoms with Crippen LogP contribution in [0.25, 0.3) is 0 Å². The van der Waals surface area contributed by atoms with E-state index < -0.39 is 18.0 Å². The maximum absolute atomic E-state index is 10.6. The zero-order chi connectivity index (χ0) is 11.1. The fourth-order valence-electron chi connectivity index (χ4n) is 0.998. The van der Waals surface area contributed by atoms with E-state index in [9.17, 15) is 14.7 Å². The van der Waals surface area contributed by atoms with E-state index >= 15 is 0 Å². The Morgan fingerprint density at radius 3 is 2.33 bits per heavy atom. The van der Waals surface area contributed by atoms with Crippen LogP contribution in [0.2, 0.25) is 0 Å². The average Bonchev–Trinajstić information content (AvgIpc) is 2.10. The third-order valence-corrected chi connectivity index (χ3v) is 2.03. The van der Waals surface area contributed by atoms with Crippen LogP contribution in [0, 0.1) is 0 Å². The van der Waals surface area contributed by atoms with Gasteiger partial charge in [-0.1, -0.05) is 6.92 Å². The van der Waals surface area contributed by atoms with Gasteiger partial charge in [0.15, 0.2) is 0 Å². The van der Waals surface area contributed by atoms with Crippen LogP contribution in [0.15, 0.2) is 0 Å².